The number of fused-ring (bicyclic) bond motifs is 2. The van der Waals surface area contributed by atoms with E-state index in [0.29, 0.717) is 11.8 Å². The minimum Gasteiger partial charge on any atom is -0.390 e. The Morgan fingerprint density at radius 3 is 2.96 bits per heavy atom. The highest BCUT2D eigenvalue weighted by molar-refractivity contribution is 9.10. The number of aliphatic hydroxyl groups is 1. The third kappa shape index (κ3) is 3.48. The van der Waals surface area contributed by atoms with E-state index < -0.39 is 5.60 Å². The van der Waals surface area contributed by atoms with Gasteiger partial charge in [0.25, 0.3) is 5.91 Å². The maximum absolute atomic E-state index is 12.8. The Morgan fingerprint density at radius 2 is 2.22 bits per heavy atom. The third-order valence-corrected chi connectivity index (χ3v) is 6.17. The normalized spacial score (nSPS) is 33.3. The molecule has 4 heteroatoms. The van der Waals surface area contributed by atoms with E-state index in [0.717, 1.165) is 54.1 Å². The van der Waals surface area contributed by atoms with Gasteiger partial charge in [-0.2, -0.15) is 0 Å². The Labute approximate surface area is 147 Å². The first kappa shape index (κ1) is 17.0. The molecule has 0 heterocycles. The number of halogens is 1. The fourth-order valence-corrected chi connectivity index (χ4v) is 5.04. The molecule has 126 valence electrons. The van der Waals surface area contributed by atoms with E-state index in [1.807, 2.05) is 18.2 Å². The van der Waals surface area contributed by atoms with Crippen molar-refractivity contribution in [2.45, 2.75) is 64.0 Å². The molecule has 0 saturated heterocycles. The van der Waals surface area contributed by atoms with Crippen LogP contribution < -0.4 is 5.32 Å². The quantitative estimate of drug-likeness (QED) is 0.831. The number of nitrogens with one attached hydrogen (secondary N) is 1. The number of rotatable bonds is 3. The molecule has 2 aliphatic rings. The standard InChI is InChI=1S/C19H26BrNO2/c1-3-13-9-15(20)6-7-16(13)18(22)21-17-12(2)10-19(23)8-4-5-14(17)11-19/h6-7,9,12,14,17,23H,3-5,8,10-11H2,1-2H3,(H,21,22)/t12?,14?,17-,19?/m1/s1. The van der Waals surface area contributed by atoms with Crippen molar-refractivity contribution in [2.75, 3.05) is 0 Å². The van der Waals surface area contributed by atoms with E-state index >= 15 is 0 Å². The van der Waals surface area contributed by atoms with Crippen LogP contribution in [0.2, 0.25) is 0 Å². The van der Waals surface area contributed by atoms with Crippen LogP contribution in [0.3, 0.4) is 0 Å². The lowest BCUT2D eigenvalue weighted by Gasteiger charge is -2.49. The van der Waals surface area contributed by atoms with Gasteiger partial charge in [0.05, 0.1) is 5.60 Å². The number of hydrogen-bond donors (Lipinski definition) is 2. The second-order valence-corrected chi connectivity index (χ2v) is 8.33. The first-order valence-electron chi connectivity index (χ1n) is 8.73. The molecule has 3 unspecified atom stereocenters. The predicted molar refractivity (Wildman–Crippen MR) is 95.5 cm³/mol. The monoisotopic (exact) mass is 379 g/mol. The fourth-order valence-electron chi connectivity index (χ4n) is 4.63. The lowest BCUT2D eigenvalue weighted by Crippen LogP contribution is -2.55. The average molecular weight is 380 g/mol. The van der Waals surface area contributed by atoms with Gasteiger partial charge in [-0.15, -0.1) is 0 Å². The van der Waals surface area contributed by atoms with Crippen LogP contribution in [0, 0.1) is 11.8 Å². The van der Waals surface area contributed by atoms with E-state index in [2.05, 4.69) is 35.1 Å². The largest absolute Gasteiger partial charge is 0.390 e. The molecule has 1 aromatic rings. The van der Waals surface area contributed by atoms with Gasteiger partial charge in [0, 0.05) is 16.1 Å². The van der Waals surface area contributed by atoms with Crippen molar-refractivity contribution in [1.29, 1.82) is 0 Å². The number of aryl methyl sites for hydroxylation is 1. The zero-order valence-electron chi connectivity index (χ0n) is 13.9. The average Bonchev–Trinajstić information content (AvgIpc) is 2.50. The van der Waals surface area contributed by atoms with Crippen LogP contribution in [-0.2, 0) is 6.42 Å². The molecule has 2 aliphatic carbocycles. The summed E-state index contributed by atoms with van der Waals surface area (Å²) in [6, 6.07) is 6.04. The van der Waals surface area contributed by atoms with Crippen molar-refractivity contribution in [2.24, 2.45) is 11.8 Å². The van der Waals surface area contributed by atoms with Gasteiger partial charge in [0.2, 0.25) is 0 Å². The first-order chi connectivity index (χ1) is 10.9. The molecule has 3 rings (SSSR count). The molecule has 1 aromatic carbocycles. The zero-order valence-corrected chi connectivity index (χ0v) is 15.5. The highest BCUT2D eigenvalue weighted by Crippen LogP contribution is 2.45. The molecule has 2 N–H and O–H groups in total. The topological polar surface area (TPSA) is 49.3 Å². The van der Waals surface area contributed by atoms with Crippen molar-refractivity contribution in [1.82, 2.24) is 5.32 Å². The van der Waals surface area contributed by atoms with Crippen LogP contribution >= 0.6 is 15.9 Å². The van der Waals surface area contributed by atoms with E-state index in [1.54, 1.807) is 0 Å². The van der Waals surface area contributed by atoms with Crippen LogP contribution in [0.5, 0.6) is 0 Å². The first-order valence-corrected chi connectivity index (χ1v) is 9.53. The molecule has 0 radical (unpaired) electrons. The lowest BCUT2D eigenvalue weighted by molar-refractivity contribution is -0.0762. The maximum atomic E-state index is 12.8. The van der Waals surface area contributed by atoms with Crippen molar-refractivity contribution < 1.29 is 9.90 Å². The molecule has 23 heavy (non-hydrogen) atoms. The summed E-state index contributed by atoms with van der Waals surface area (Å²) < 4.78 is 1.01. The van der Waals surface area contributed by atoms with E-state index in [4.69, 9.17) is 0 Å². The minimum atomic E-state index is -0.490. The molecule has 2 bridgehead atoms. The Bertz CT molecular complexity index is 599. The number of amides is 1. The molecule has 2 fully saturated rings. The van der Waals surface area contributed by atoms with Crippen LogP contribution in [0.4, 0.5) is 0 Å². The SMILES string of the molecule is CCc1cc(Br)ccc1C(=O)N[C@@H]1C(C)CC2(O)CCCC1C2. The molecule has 1 amide bonds. The van der Waals surface area contributed by atoms with Gasteiger partial charge >= 0.3 is 0 Å². The van der Waals surface area contributed by atoms with Gasteiger partial charge in [-0.1, -0.05) is 36.2 Å². The predicted octanol–water partition coefficient (Wildman–Crippen LogP) is 4.07. The molecule has 0 aromatic heterocycles. The Balaban J connectivity index is 1.77. The number of hydrogen-bond acceptors (Lipinski definition) is 2. The van der Waals surface area contributed by atoms with Gasteiger partial charge in [0.1, 0.15) is 0 Å². The molecular weight excluding hydrogens is 354 g/mol. The van der Waals surface area contributed by atoms with E-state index in [-0.39, 0.29) is 11.9 Å². The molecule has 3 nitrogen and oxygen atoms in total. The molecule has 0 aliphatic heterocycles. The van der Waals surface area contributed by atoms with Crippen molar-refractivity contribution in [3.63, 3.8) is 0 Å². The highest BCUT2D eigenvalue weighted by Gasteiger charge is 2.46. The summed E-state index contributed by atoms with van der Waals surface area (Å²) in [4.78, 5) is 12.8. The van der Waals surface area contributed by atoms with Gasteiger partial charge < -0.3 is 10.4 Å². The van der Waals surface area contributed by atoms with Crippen LogP contribution in [0.25, 0.3) is 0 Å². The van der Waals surface area contributed by atoms with Crippen LogP contribution in [0.1, 0.15) is 61.9 Å². The van der Waals surface area contributed by atoms with Gasteiger partial charge in [-0.25, -0.2) is 0 Å². The van der Waals surface area contributed by atoms with Crippen molar-refractivity contribution in [3.05, 3.63) is 33.8 Å². The minimum absolute atomic E-state index is 0.0298. The number of benzene rings is 1. The number of carbonyl (C=O) groups is 1. The van der Waals surface area contributed by atoms with E-state index in [9.17, 15) is 9.90 Å². The number of carbonyl (C=O) groups excluding carboxylic acids is 1. The summed E-state index contributed by atoms with van der Waals surface area (Å²) in [6.45, 7) is 4.23. The molecule has 0 spiro atoms. The third-order valence-electron chi connectivity index (χ3n) is 5.67. The lowest BCUT2D eigenvalue weighted by atomic mass is 9.63. The molecule has 4 atom stereocenters. The van der Waals surface area contributed by atoms with Crippen LogP contribution in [0.15, 0.2) is 22.7 Å². The highest BCUT2D eigenvalue weighted by atomic mass is 79.9. The summed E-state index contributed by atoms with van der Waals surface area (Å²) in [5.41, 5.74) is 1.36. The molecular formula is C19H26BrNO2. The fraction of sp³-hybridized carbons (Fsp3) is 0.632. The summed E-state index contributed by atoms with van der Waals surface area (Å²) in [5, 5.41) is 13.9. The Morgan fingerprint density at radius 1 is 1.43 bits per heavy atom. The van der Waals surface area contributed by atoms with Gasteiger partial charge in [0.15, 0.2) is 0 Å². The van der Waals surface area contributed by atoms with Gasteiger partial charge in [-0.05, 0) is 67.7 Å². The summed E-state index contributed by atoms with van der Waals surface area (Å²) in [6.07, 6.45) is 5.57. The second kappa shape index (κ2) is 6.56. The Hall–Kier alpha value is -0.870. The van der Waals surface area contributed by atoms with E-state index in [1.165, 1.54) is 0 Å². The van der Waals surface area contributed by atoms with Crippen molar-refractivity contribution >= 4 is 21.8 Å². The summed E-state index contributed by atoms with van der Waals surface area (Å²) in [5.74, 6) is 0.757. The van der Waals surface area contributed by atoms with Crippen molar-refractivity contribution in [3.8, 4) is 0 Å². The zero-order chi connectivity index (χ0) is 16.6. The van der Waals surface area contributed by atoms with Gasteiger partial charge in [-0.3, -0.25) is 4.79 Å². The summed E-state index contributed by atoms with van der Waals surface area (Å²) in [7, 11) is 0. The smallest absolute Gasteiger partial charge is 0.251 e. The molecule has 2 saturated carbocycles. The maximum Gasteiger partial charge on any atom is 0.251 e. The second-order valence-electron chi connectivity index (χ2n) is 7.42. The summed E-state index contributed by atoms with van der Waals surface area (Å²) >= 11 is 3.48. The van der Waals surface area contributed by atoms with Crippen LogP contribution in [-0.4, -0.2) is 22.7 Å². The Kier molecular flexibility index (Phi) is 4.84.